The van der Waals surface area contributed by atoms with Crippen molar-refractivity contribution in [3.8, 4) is 17.0 Å². The maximum atomic E-state index is 15.0. The number of hydrogen-bond acceptors (Lipinski definition) is 11. The smallest absolute Gasteiger partial charge is 0.277 e. The first-order valence-corrected chi connectivity index (χ1v) is 13.2. The number of anilines is 3. The van der Waals surface area contributed by atoms with Crippen LogP contribution in [0.25, 0.3) is 22.3 Å². The van der Waals surface area contributed by atoms with E-state index in [1.54, 1.807) is 37.1 Å². The van der Waals surface area contributed by atoms with Crippen LogP contribution in [0.4, 0.5) is 26.5 Å². The second kappa shape index (κ2) is 13.5. The SMILES string of the molecule is Cc1nc2c(F)cc(-c3nc(Nc4ccc(OCCN(C)c5ncc(C(=O)NO)cn5)cn4)ncc3F)cc2n1C(C)C.Cl. The molecular weight excluding hydrogens is 598 g/mol. The van der Waals surface area contributed by atoms with Crippen molar-refractivity contribution in [2.24, 2.45) is 0 Å². The van der Waals surface area contributed by atoms with Crippen molar-refractivity contribution in [1.82, 2.24) is 40.0 Å². The summed E-state index contributed by atoms with van der Waals surface area (Å²) in [5.41, 5.74) is 2.61. The van der Waals surface area contributed by atoms with Crippen LogP contribution in [0, 0.1) is 18.6 Å². The summed E-state index contributed by atoms with van der Waals surface area (Å²) >= 11 is 0. The molecule has 5 aromatic rings. The molecule has 13 nitrogen and oxygen atoms in total. The van der Waals surface area contributed by atoms with Gasteiger partial charge in [-0.1, -0.05) is 0 Å². The van der Waals surface area contributed by atoms with Crippen LogP contribution in [0.5, 0.6) is 5.75 Å². The number of nitrogens with zero attached hydrogens (tertiary/aromatic N) is 8. The second-order valence-corrected chi connectivity index (χ2v) is 9.83. The molecule has 4 aromatic heterocycles. The van der Waals surface area contributed by atoms with Gasteiger partial charge in [0.05, 0.1) is 30.0 Å². The maximum absolute atomic E-state index is 15.0. The first-order valence-electron chi connectivity index (χ1n) is 13.2. The lowest BCUT2D eigenvalue weighted by Gasteiger charge is -2.17. The Balaban J connectivity index is 0.00000442. The summed E-state index contributed by atoms with van der Waals surface area (Å²) in [7, 11) is 1.76. The zero-order valence-corrected chi connectivity index (χ0v) is 24.9. The average molecular weight is 627 g/mol. The monoisotopic (exact) mass is 626 g/mol. The van der Waals surface area contributed by atoms with Crippen molar-refractivity contribution in [3.05, 3.63) is 72.1 Å². The van der Waals surface area contributed by atoms with Gasteiger partial charge in [-0.15, -0.1) is 12.4 Å². The van der Waals surface area contributed by atoms with E-state index in [1.807, 2.05) is 18.4 Å². The number of likely N-dealkylation sites (N-methyl/N-ethyl adjacent to an activating group) is 1. The lowest BCUT2D eigenvalue weighted by Crippen LogP contribution is -2.26. The standard InChI is InChI=1S/C28H28F2N10O3.ClH/c1-15(2)40-16(3)35-25-20(29)9-17(10-22(25)40)24-21(30)14-32-27(37-24)36-23-6-5-19(13-31-23)43-8-7-39(4)28-33-11-18(12-34-28)26(41)38-42;/h5-6,9-15,42H,7-8H2,1-4H3,(H,38,41)(H,31,32,36,37);1H. The van der Waals surface area contributed by atoms with Gasteiger partial charge in [-0.25, -0.2) is 44.2 Å². The van der Waals surface area contributed by atoms with Crippen molar-refractivity contribution in [2.45, 2.75) is 26.8 Å². The quantitative estimate of drug-likeness (QED) is 0.146. The first-order chi connectivity index (χ1) is 20.6. The van der Waals surface area contributed by atoms with Gasteiger partial charge in [-0.2, -0.15) is 0 Å². The highest BCUT2D eigenvalue weighted by Crippen LogP contribution is 2.30. The molecule has 1 amide bonds. The van der Waals surface area contributed by atoms with Crippen LogP contribution < -0.4 is 20.4 Å². The minimum atomic E-state index is -0.701. The molecule has 0 unspecified atom stereocenters. The topological polar surface area (TPSA) is 156 Å². The molecule has 1 aromatic carbocycles. The zero-order chi connectivity index (χ0) is 30.7. The van der Waals surface area contributed by atoms with Crippen molar-refractivity contribution in [2.75, 3.05) is 30.4 Å². The second-order valence-electron chi connectivity index (χ2n) is 9.83. The molecule has 3 N–H and O–H groups in total. The lowest BCUT2D eigenvalue weighted by atomic mass is 10.1. The van der Waals surface area contributed by atoms with Gasteiger partial charge in [-0.05, 0) is 45.0 Å². The van der Waals surface area contributed by atoms with E-state index in [2.05, 4.69) is 35.2 Å². The fourth-order valence-electron chi connectivity index (χ4n) is 4.44. The zero-order valence-electron chi connectivity index (χ0n) is 24.1. The summed E-state index contributed by atoms with van der Waals surface area (Å²) in [5.74, 6) is 0.0289. The number of carbonyl (C=O) groups excluding carboxylic acids is 1. The summed E-state index contributed by atoms with van der Waals surface area (Å²) in [6.45, 7) is 6.45. The highest BCUT2D eigenvalue weighted by molar-refractivity contribution is 5.92. The van der Waals surface area contributed by atoms with Gasteiger partial charge in [0.1, 0.15) is 35.2 Å². The molecule has 0 bridgehead atoms. The molecule has 0 spiro atoms. The Morgan fingerprint density at radius 3 is 2.45 bits per heavy atom. The number of nitrogens with one attached hydrogen (secondary N) is 2. The molecule has 0 radical (unpaired) electrons. The number of amides is 1. The number of carbonyl (C=O) groups is 1. The van der Waals surface area contributed by atoms with E-state index in [4.69, 9.17) is 9.94 Å². The Kier molecular flexibility index (Phi) is 9.80. The van der Waals surface area contributed by atoms with Crippen LogP contribution in [0.3, 0.4) is 0 Å². The van der Waals surface area contributed by atoms with E-state index in [0.29, 0.717) is 35.4 Å². The van der Waals surface area contributed by atoms with Crippen LogP contribution in [-0.4, -0.2) is 65.8 Å². The lowest BCUT2D eigenvalue weighted by molar-refractivity contribution is 0.0705. The van der Waals surface area contributed by atoms with Gasteiger partial charge in [0, 0.05) is 31.0 Å². The molecular formula is C28H29ClF2N10O3. The van der Waals surface area contributed by atoms with Crippen molar-refractivity contribution in [3.63, 3.8) is 0 Å². The summed E-state index contributed by atoms with van der Waals surface area (Å²) in [6.07, 6.45) is 5.12. The van der Waals surface area contributed by atoms with Crippen molar-refractivity contribution < 1.29 is 23.5 Å². The maximum Gasteiger partial charge on any atom is 0.277 e. The number of ether oxygens (including phenoxy) is 1. The third kappa shape index (κ3) is 6.79. The molecule has 230 valence electrons. The van der Waals surface area contributed by atoms with E-state index in [-0.39, 0.29) is 53.3 Å². The van der Waals surface area contributed by atoms with Crippen LogP contribution in [0.1, 0.15) is 36.1 Å². The number of pyridine rings is 1. The third-order valence-corrected chi connectivity index (χ3v) is 6.47. The van der Waals surface area contributed by atoms with E-state index < -0.39 is 17.5 Å². The summed E-state index contributed by atoms with van der Waals surface area (Å²) in [4.78, 5) is 38.2. The Hall–Kier alpha value is -5.02. The molecule has 0 aliphatic heterocycles. The fourth-order valence-corrected chi connectivity index (χ4v) is 4.44. The summed E-state index contributed by atoms with van der Waals surface area (Å²) in [6, 6.07) is 6.26. The molecule has 5 rings (SSSR count). The summed E-state index contributed by atoms with van der Waals surface area (Å²) in [5, 5.41) is 11.6. The molecule has 0 aliphatic rings. The Bertz CT molecular complexity index is 1770. The number of aromatic nitrogens is 7. The minimum absolute atomic E-state index is 0. The number of halogens is 3. The Morgan fingerprint density at radius 1 is 1.05 bits per heavy atom. The van der Waals surface area contributed by atoms with Crippen LogP contribution in [-0.2, 0) is 0 Å². The molecule has 0 saturated carbocycles. The number of hydroxylamine groups is 1. The Labute approximate surface area is 256 Å². The van der Waals surface area contributed by atoms with E-state index in [9.17, 15) is 13.6 Å². The average Bonchev–Trinajstić information content (AvgIpc) is 3.35. The van der Waals surface area contributed by atoms with Gasteiger partial charge >= 0.3 is 0 Å². The number of rotatable bonds is 10. The number of fused-ring (bicyclic) bond motifs is 1. The van der Waals surface area contributed by atoms with Crippen molar-refractivity contribution in [1.29, 1.82) is 0 Å². The normalized spacial score (nSPS) is 10.9. The largest absolute Gasteiger partial charge is 0.490 e. The minimum Gasteiger partial charge on any atom is -0.490 e. The van der Waals surface area contributed by atoms with Gasteiger partial charge in [0.2, 0.25) is 11.9 Å². The molecule has 0 fully saturated rings. The van der Waals surface area contributed by atoms with E-state index in [0.717, 1.165) is 6.20 Å². The van der Waals surface area contributed by atoms with Crippen LogP contribution in [0.15, 0.2) is 49.1 Å². The van der Waals surface area contributed by atoms with Crippen molar-refractivity contribution >= 4 is 47.1 Å². The highest BCUT2D eigenvalue weighted by Gasteiger charge is 2.18. The number of hydrogen-bond donors (Lipinski definition) is 3. The van der Waals surface area contributed by atoms with E-state index in [1.165, 1.54) is 30.1 Å². The molecule has 44 heavy (non-hydrogen) atoms. The first kappa shape index (κ1) is 31.9. The molecule has 0 saturated heterocycles. The van der Waals surface area contributed by atoms with E-state index >= 15 is 0 Å². The number of benzene rings is 1. The van der Waals surface area contributed by atoms with Gasteiger partial charge in [0.15, 0.2) is 11.6 Å². The summed E-state index contributed by atoms with van der Waals surface area (Å²) < 4.78 is 37.4. The fraction of sp³-hybridized carbons (Fsp3) is 0.250. The van der Waals surface area contributed by atoms with Crippen LogP contribution in [0.2, 0.25) is 0 Å². The predicted molar refractivity (Wildman–Crippen MR) is 161 cm³/mol. The number of aryl methyl sites for hydroxylation is 1. The molecule has 0 aliphatic carbocycles. The molecule has 0 atom stereocenters. The van der Waals surface area contributed by atoms with Crippen LogP contribution >= 0.6 is 12.4 Å². The molecule has 16 heteroatoms. The number of imidazole rings is 1. The Morgan fingerprint density at radius 2 is 1.80 bits per heavy atom. The van der Waals surface area contributed by atoms with Gasteiger partial charge in [-0.3, -0.25) is 10.0 Å². The highest BCUT2D eigenvalue weighted by atomic mass is 35.5. The molecule has 4 heterocycles. The van der Waals surface area contributed by atoms with Gasteiger partial charge < -0.3 is 19.5 Å². The van der Waals surface area contributed by atoms with Gasteiger partial charge in [0.25, 0.3) is 5.91 Å². The predicted octanol–water partition coefficient (Wildman–Crippen LogP) is 4.65. The third-order valence-electron chi connectivity index (χ3n) is 6.47.